The maximum Gasteiger partial charge on any atom is 0.251 e. The molecule has 0 spiro atoms. The Morgan fingerprint density at radius 1 is 1.07 bits per heavy atom. The number of aliphatic hydroxyl groups excluding tert-OH is 1. The number of halogens is 2. The number of hydrogen-bond donors (Lipinski definition) is 1. The Balaban J connectivity index is 1.40. The second-order valence-electron chi connectivity index (χ2n) is 8.26. The summed E-state index contributed by atoms with van der Waals surface area (Å²) in [5, 5.41) is 11.0. The first-order valence-electron chi connectivity index (χ1n) is 10.4. The zero-order valence-electron chi connectivity index (χ0n) is 16.6. The highest BCUT2D eigenvalue weighted by molar-refractivity contribution is 6.31. The normalized spacial score (nSPS) is 19.1. The van der Waals surface area contributed by atoms with Gasteiger partial charge in [0.2, 0.25) is 0 Å². The van der Waals surface area contributed by atoms with E-state index in [9.17, 15) is 9.50 Å². The fourth-order valence-electron chi connectivity index (χ4n) is 4.67. The molecule has 30 heavy (non-hydrogen) atoms. The van der Waals surface area contributed by atoms with Crippen LogP contribution in [-0.4, -0.2) is 53.0 Å². The number of nitrogens with zero attached hydrogens (tertiary/aromatic N) is 5. The Morgan fingerprint density at radius 3 is 2.57 bits per heavy atom. The molecule has 2 aliphatic heterocycles. The molecule has 0 bridgehead atoms. The van der Waals surface area contributed by atoms with Crippen molar-refractivity contribution in [3.05, 3.63) is 53.2 Å². The predicted octanol–water partition coefficient (Wildman–Crippen LogP) is 3.86. The smallest absolute Gasteiger partial charge is 0.251 e. The van der Waals surface area contributed by atoms with Crippen LogP contribution in [0.3, 0.4) is 0 Å². The zero-order valence-corrected chi connectivity index (χ0v) is 17.4. The minimum Gasteiger partial charge on any atom is -0.355 e. The lowest BCUT2D eigenvalue weighted by molar-refractivity contribution is 0.0884. The molecule has 1 N–H and O–H groups in total. The third-order valence-electron chi connectivity index (χ3n) is 6.43. The Kier molecular flexibility index (Phi) is 5.05. The summed E-state index contributed by atoms with van der Waals surface area (Å²) in [6.07, 6.45) is 6.81. The summed E-state index contributed by atoms with van der Waals surface area (Å²) in [7, 11) is 0. The van der Waals surface area contributed by atoms with Crippen molar-refractivity contribution in [1.29, 1.82) is 0 Å². The van der Waals surface area contributed by atoms with E-state index in [1.165, 1.54) is 6.42 Å². The van der Waals surface area contributed by atoms with E-state index >= 15 is 0 Å². The molecule has 0 unspecified atom stereocenters. The third-order valence-corrected chi connectivity index (χ3v) is 6.72. The minimum atomic E-state index is -0.483. The van der Waals surface area contributed by atoms with Crippen molar-refractivity contribution in [2.45, 2.75) is 25.2 Å². The second-order valence-corrected chi connectivity index (χ2v) is 8.67. The predicted molar refractivity (Wildman–Crippen MR) is 116 cm³/mol. The highest BCUT2D eigenvalue weighted by Gasteiger charge is 2.41. The average molecular weight is 429 g/mol. The van der Waals surface area contributed by atoms with Gasteiger partial charge in [-0.2, -0.15) is 0 Å². The summed E-state index contributed by atoms with van der Waals surface area (Å²) in [6.45, 7) is 3.31. The van der Waals surface area contributed by atoms with Crippen LogP contribution in [-0.2, 0) is 0 Å². The number of pyridine rings is 1. The zero-order chi connectivity index (χ0) is 20.7. The number of aliphatic hydroxyl groups is 1. The number of benzene rings is 1. The van der Waals surface area contributed by atoms with Crippen LogP contribution >= 0.6 is 11.6 Å². The summed E-state index contributed by atoms with van der Waals surface area (Å²) in [4.78, 5) is 15.9. The molecule has 3 aromatic rings. The maximum atomic E-state index is 14.4. The molecular weight excluding hydrogens is 405 g/mol. The van der Waals surface area contributed by atoms with E-state index in [1.54, 1.807) is 24.5 Å². The van der Waals surface area contributed by atoms with Gasteiger partial charge in [0.05, 0.1) is 24.3 Å². The molecule has 156 valence electrons. The number of hydrogen-bond acceptors (Lipinski definition) is 5. The number of rotatable bonds is 4. The molecule has 0 aliphatic carbocycles. The summed E-state index contributed by atoms with van der Waals surface area (Å²) < 4.78 is 14.9. The Morgan fingerprint density at radius 2 is 1.80 bits per heavy atom. The van der Waals surface area contributed by atoms with Crippen LogP contribution in [0.2, 0.25) is 5.02 Å². The molecule has 2 saturated heterocycles. The first-order chi connectivity index (χ1) is 14.6. The topological polar surface area (TPSA) is 62.1 Å². The lowest BCUT2D eigenvalue weighted by atomic mass is 9.94. The van der Waals surface area contributed by atoms with Crippen LogP contribution < -0.4 is 9.38 Å². The summed E-state index contributed by atoms with van der Waals surface area (Å²) in [6, 6.07) is 7.11. The van der Waals surface area contributed by atoms with Crippen molar-refractivity contribution >= 4 is 34.1 Å². The maximum absolute atomic E-state index is 14.4. The number of aromatic nitrogens is 3. The molecule has 5 rings (SSSR count). The molecule has 4 heterocycles. The summed E-state index contributed by atoms with van der Waals surface area (Å²) >= 11 is 5.92. The molecule has 0 atom stereocenters. The van der Waals surface area contributed by atoms with Crippen LogP contribution in [0, 0.1) is 5.82 Å². The Bertz CT molecular complexity index is 1080. The van der Waals surface area contributed by atoms with Gasteiger partial charge in [0.1, 0.15) is 17.0 Å². The fourth-order valence-corrected chi connectivity index (χ4v) is 4.82. The third kappa shape index (κ3) is 3.21. The molecule has 8 heteroatoms. The fraction of sp³-hybridized carbons (Fsp3) is 0.409. The van der Waals surface area contributed by atoms with E-state index in [0.717, 1.165) is 61.7 Å². The quantitative estimate of drug-likeness (QED) is 0.639. The lowest BCUT2D eigenvalue weighted by Gasteiger charge is -2.43. The summed E-state index contributed by atoms with van der Waals surface area (Å²) in [5.41, 5.74) is 1.25. The molecule has 6 nitrogen and oxygen atoms in total. The van der Waals surface area contributed by atoms with Gasteiger partial charge in [-0.25, -0.2) is 14.4 Å². The van der Waals surface area contributed by atoms with Crippen molar-refractivity contribution in [1.82, 2.24) is 19.4 Å². The van der Waals surface area contributed by atoms with E-state index in [0.29, 0.717) is 10.00 Å². The van der Waals surface area contributed by atoms with Crippen molar-refractivity contribution in [3.63, 3.8) is 0 Å². The first kappa shape index (κ1) is 19.6. The molecule has 0 radical (unpaired) electrons. The highest BCUT2D eigenvalue weighted by Crippen LogP contribution is 2.38. The number of anilines is 1. The molecule has 2 fully saturated rings. The summed E-state index contributed by atoms with van der Waals surface area (Å²) in [5.74, 6) is 1.35. The monoisotopic (exact) mass is 428 g/mol. The van der Waals surface area contributed by atoms with Gasteiger partial charge >= 0.3 is 0 Å². The van der Waals surface area contributed by atoms with Gasteiger partial charge in [0.15, 0.2) is 12.5 Å². The molecule has 0 amide bonds. The first-order valence-corrected chi connectivity index (χ1v) is 10.8. The van der Waals surface area contributed by atoms with E-state index in [-0.39, 0.29) is 17.7 Å². The van der Waals surface area contributed by atoms with Gasteiger partial charge in [-0.05, 0) is 37.5 Å². The SMILES string of the molecule is OC[N+]1(c2nccnc2C2CN(c3ccc4ccc(Cl)c(F)c4n3)C2)CCCCC1. The van der Waals surface area contributed by atoms with Gasteiger partial charge in [-0.1, -0.05) is 17.7 Å². The Hall–Kier alpha value is -2.35. The number of fused-ring (bicyclic) bond motifs is 1. The molecule has 2 aliphatic rings. The van der Waals surface area contributed by atoms with Crippen molar-refractivity contribution in [3.8, 4) is 0 Å². The second kappa shape index (κ2) is 7.72. The van der Waals surface area contributed by atoms with Crippen LogP contribution in [0.5, 0.6) is 0 Å². The van der Waals surface area contributed by atoms with Crippen LogP contribution in [0.1, 0.15) is 30.9 Å². The van der Waals surface area contributed by atoms with Gasteiger partial charge in [-0.15, -0.1) is 0 Å². The van der Waals surface area contributed by atoms with Gasteiger partial charge in [-0.3, -0.25) is 9.47 Å². The van der Waals surface area contributed by atoms with E-state index in [4.69, 9.17) is 11.6 Å². The van der Waals surface area contributed by atoms with E-state index < -0.39 is 5.82 Å². The average Bonchev–Trinajstić information content (AvgIpc) is 2.76. The van der Waals surface area contributed by atoms with Crippen molar-refractivity contribution in [2.75, 3.05) is 37.8 Å². The van der Waals surface area contributed by atoms with Crippen LogP contribution in [0.15, 0.2) is 36.7 Å². The largest absolute Gasteiger partial charge is 0.355 e. The van der Waals surface area contributed by atoms with Crippen molar-refractivity contribution in [2.24, 2.45) is 0 Å². The lowest BCUT2D eigenvalue weighted by Crippen LogP contribution is -2.55. The molecular formula is C22H24ClFN5O+. The highest BCUT2D eigenvalue weighted by atomic mass is 35.5. The van der Waals surface area contributed by atoms with Gasteiger partial charge in [0.25, 0.3) is 5.82 Å². The minimum absolute atomic E-state index is 0.0500. The Labute approximate surface area is 179 Å². The van der Waals surface area contributed by atoms with Crippen molar-refractivity contribution < 1.29 is 9.50 Å². The standard InChI is InChI=1S/C22H24ClFN5O/c23-17-6-4-15-5-7-18(27-20(15)19(17)24)28-12-16(13-28)21-22(26-9-8-25-21)29(14-30)10-2-1-3-11-29/h4-9,16,30H,1-3,10-14H2/q+1. The number of likely N-dealkylation sites (tertiary alicyclic amines) is 1. The van der Waals surface area contributed by atoms with Crippen LogP contribution in [0.4, 0.5) is 16.0 Å². The number of piperidine rings is 1. The van der Waals surface area contributed by atoms with Crippen LogP contribution in [0.25, 0.3) is 10.9 Å². The van der Waals surface area contributed by atoms with E-state index in [2.05, 4.69) is 19.9 Å². The molecule has 0 saturated carbocycles. The van der Waals surface area contributed by atoms with Gasteiger partial charge < -0.3 is 10.0 Å². The molecule has 1 aromatic carbocycles. The molecule has 2 aromatic heterocycles. The van der Waals surface area contributed by atoms with E-state index in [1.807, 2.05) is 12.1 Å². The van der Waals surface area contributed by atoms with Gasteiger partial charge in [0, 0.05) is 30.6 Å². The number of quaternary nitrogens is 1.